The van der Waals surface area contributed by atoms with E-state index in [2.05, 4.69) is 15.5 Å². The number of carbonyl (C=O) groups is 2. The fourth-order valence-electron chi connectivity index (χ4n) is 2.10. The Balaban J connectivity index is 2.72. The summed E-state index contributed by atoms with van der Waals surface area (Å²) in [7, 11) is 2.69. The first kappa shape index (κ1) is 17.7. The zero-order valence-corrected chi connectivity index (χ0v) is 13.1. The molecule has 0 aromatic rings. The van der Waals surface area contributed by atoms with Crippen molar-refractivity contribution in [1.82, 2.24) is 10.6 Å². The molecule has 1 aliphatic heterocycles. The lowest BCUT2D eigenvalue weighted by atomic mass is 9.97. The zero-order valence-electron chi connectivity index (χ0n) is 13.1. The van der Waals surface area contributed by atoms with Crippen LogP contribution < -0.4 is 10.6 Å². The fraction of sp³-hybridized carbons (Fsp3) is 0.846. The molecule has 2 N–H and O–H groups in total. The van der Waals surface area contributed by atoms with E-state index in [4.69, 9.17) is 14.4 Å². The minimum atomic E-state index is -0.794. The van der Waals surface area contributed by atoms with Crippen molar-refractivity contribution in [1.29, 1.82) is 0 Å². The molecule has 0 aromatic carbocycles. The van der Waals surface area contributed by atoms with Crippen LogP contribution >= 0.6 is 0 Å². The average Bonchev–Trinajstić information content (AvgIpc) is 2.77. The average molecular weight is 304 g/mol. The highest BCUT2D eigenvalue weighted by molar-refractivity contribution is 5.77. The molecule has 0 radical (unpaired) electrons. The number of amides is 1. The summed E-state index contributed by atoms with van der Waals surface area (Å²) in [5, 5.41) is 5.75. The molecule has 1 saturated heterocycles. The Labute approximate surface area is 124 Å². The van der Waals surface area contributed by atoms with E-state index < -0.39 is 23.3 Å². The molecule has 1 fully saturated rings. The van der Waals surface area contributed by atoms with E-state index in [1.165, 1.54) is 14.2 Å². The van der Waals surface area contributed by atoms with Crippen LogP contribution in [0.25, 0.3) is 0 Å². The molecule has 0 spiro atoms. The van der Waals surface area contributed by atoms with Crippen molar-refractivity contribution in [2.75, 3.05) is 27.4 Å². The van der Waals surface area contributed by atoms with Gasteiger partial charge in [0.1, 0.15) is 18.2 Å². The summed E-state index contributed by atoms with van der Waals surface area (Å²) < 4.78 is 9.94. The number of rotatable bonds is 5. The molecule has 0 aliphatic carbocycles. The Bertz CT molecular complexity index is 381. The highest BCUT2D eigenvalue weighted by Crippen LogP contribution is 2.22. The Morgan fingerprint density at radius 3 is 2.52 bits per heavy atom. The Kier molecular flexibility index (Phi) is 5.94. The van der Waals surface area contributed by atoms with Crippen LogP contribution in [0.2, 0.25) is 0 Å². The third-order valence-electron chi connectivity index (χ3n) is 2.99. The monoisotopic (exact) mass is 304 g/mol. The Morgan fingerprint density at radius 1 is 1.33 bits per heavy atom. The number of ether oxygens (including phenoxy) is 2. The Morgan fingerprint density at radius 2 is 2.00 bits per heavy atom. The first-order valence-electron chi connectivity index (χ1n) is 6.69. The van der Waals surface area contributed by atoms with Crippen LogP contribution in [-0.2, 0) is 24.0 Å². The predicted octanol–water partition coefficient (Wildman–Crippen LogP) is 0.363. The fourth-order valence-corrected chi connectivity index (χ4v) is 2.10. The molecule has 21 heavy (non-hydrogen) atoms. The van der Waals surface area contributed by atoms with Crippen molar-refractivity contribution in [2.45, 2.75) is 44.4 Å². The number of hydrogen-bond donors (Lipinski definition) is 2. The second-order valence-corrected chi connectivity index (χ2v) is 6.00. The summed E-state index contributed by atoms with van der Waals surface area (Å²) in [5.41, 5.74) is -1.40. The second-order valence-electron chi connectivity index (χ2n) is 6.00. The van der Waals surface area contributed by atoms with E-state index in [0.717, 1.165) is 0 Å². The van der Waals surface area contributed by atoms with Gasteiger partial charge in [-0.1, -0.05) is 0 Å². The Hall–Kier alpha value is -1.38. The number of nitrogens with one attached hydrogen (secondary N) is 2. The number of hydrogen-bond acceptors (Lipinski definition) is 7. The second kappa shape index (κ2) is 7.06. The van der Waals surface area contributed by atoms with Gasteiger partial charge in [0, 0.05) is 13.0 Å². The lowest BCUT2D eigenvalue weighted by Crippen LogP contribution is -2.54. The van der Waals surface area contributed by atoms with Gasteiger partial charge in [0.25, 0.3) is 0 Å². The summed E-state index contributed by atoms with van der Waals surface area (Å²) in [4.78, 5) is 33.1. The molecule has 1 rings (SSSR count). The van der Waals surface area contributed by atoms with E-state index in [-0.39, 0.29) is 12.6 Å². The first-order chi connectivity index (χ1) is 9.71. The van der Waals surface area contributed by atoms with Crippen LogP contribution in [0.1, 0.15) is 27.2 Å². The zero-order chi connectivity index (χ0) is 16.1. The van der Waals surface area contributed by atoms with Crippen LogP contribution in [0.4, 0.5) is 4.79 Å². The van der Waals surface area contributed by atoms with Crippen LogP contribution in [0, 0.1) is 0 Å². The summed E-state index contributed by atoms with van der Waals surface area (Å²) in [5.74, 6) is -0.389. The molecule has 0 bridgehead atoms. The molecule has 1 heterocycles. The molecule has 1 aliphatic rings. The number of alkyl carbamates (subject to hydrolysis) is 1. The van der Waals surface area contributed by atoms with E-state index >= 15 is 0 Å². The molecule has 0 unspecified atom stereocenters. The molecule has 1 amide bonds. The smallest absolute Gasteiger partial charge is 0.408 e. The van der Waals surface area contributed by atoms with E-state index in [1.54, 1.807) is 20.8 Å². The predicted molar refractivity (Wildman–Crippen MR) is 73.5 cm³/mol. The summed E-state index contributed by atoms with van der Waals surface area (Å²) >= 11 is 0. The molecule has 8 nitrogen and oxygen atoms in total. The maximum absolute atomic E-state index is 12.0. The van der Waals surface area contributed by atoms with Gasteiger partial charge in [-0.25, -0.2) is 14.6 Å². The molecule has 2 atom stereocenters. The van der Waals surface area contributed by atoms with E-state index in [9.17, 15) is 9.59 Å². The van der Waals surface area contributed by atoms with Gasteiger partial charge in [-0.2, -0.15) is 0 Å². The van der Waals surface area contributed by atoms with Crippen LogP contribution in [0.5, 0.6) is 0 Å². The molecule has 122 valence electrons. The van der Waals surface area contributed by atoms with Crippen LogP contribution in [0.3, 0.4) is 0 Å². The van der Waals surface area contributed by atoms with Gasteiger partial charge >= 0.3 is 12.1 Å². The van der Waals surface area contributed by atoms with Crippen LogP contribution in [-0.4, -0.2) is 56.6 Å². The highest BCUT2D eigenvalue weighted by atomic mass is 17.2. The summed E-state index contributed by atoms with van der Waals surface area (Å²) in [6.45, 7) is 5.75. The molecule has 0 saturated carbocycles. The van der Waals surface area contributed by atoms with Crippen molar-refractivity contribution in [3.8, 4) is 0 Å². The van der Waals surface area contributed by atoms with Gasteiger partial charge in [-0.3, -0.25) is 4.79 Å². The molecular formula is C13H24N2O6. The summed E-state index contributed by atoms with van der Waals surface area (Å²) in [6, 6.07) is -0.509. The molecular weight excluding hydrogens is 280 g/mol. The number of esters is 1. The maximum Gasteiger partial charge on any atom is 0.408 e. The van der Waals surface area contributed by atoms with Crippen molar-refractivity contribution in [2.24, 2.45) is 0 Å². The van der Waals surface area contributed by atoms with Gasteiger partial charge in [0.15, 0.2) is 0 Å². The standard InChI is InChI=1S/C13H24N2O6/c1-12(2,3)21-11(17)15-13(8-20-19-5)6-9(14-7-13)10(16)18-4/h9,14H,6-8H2,1-5H3,(H,15,17)/t9-,13-/m0/s1. The van der Waals surface area contributed by atoms with Crippen molar-refractivity contribution in [3.63, 3.8) is 0 Å². The SMILES string of the molecule is COOC[C@@]1(NC(=O)OC(C)(C)C)CN[C@H](C(=O)OC)C1. The normalized spacial score (nSPS) is 25.5. The van der Waals surface area contributed by atoms with Gasteiger partial charge < -0.3 is 20.1 Å². The highest BCUT2D eigenvalue weighted by Gasteiger charge is 2.44. The molecule has 0 aromatic heterocycles. The minimum absolute atomic E-state index is 0.0865. The van der Waals surface area contributed by atoms with Gasteiger partial charge in [-0.15, -0.1) is 0 Å². The maximum atomic E-state index is 12.0. The number of methoxy groups -OCH3 is 1. The largest absolute Gasteiger partial charge is 0.468 e. The molecule has 8 heteroatoms. The quantitative estimate of drug-likeness (QED) is 0.430. The number of carbonyl (C=O) groups excluding carboxylic acids is 2. The van der Waals surface area contributed by atoms with E-state index in [1.807, 2.05) is 0 Å². The third-order valence-corrected chi connectivity index (χ3v) is 2.99. The lowest BCUT2D eigenvalue weighted by molar-refractivity contribution is -0.282. The first-order valence-corrected chi connectivity index (χ1v) is 6.69. The summed E-state index contributed by atoms with van der Waals surface area (Å²) in [6.07, 6.45) is -0.253. The van der Waals surface area contributed by atoms with E-state index in [0.29, 0.717) is 13.0 Å². The van der Waals surface area contributed by atoms with Gasteiger partial charge in [0.2, 0.25) is 0 Å². The third kappa shape index (κ3) is 5.49. The van der Waals surface area contributed by atoms with Crippen molar-refractivity contribution in [3.05, 3.63) is 0 Å². The lowest BCUT2D eigenvalue weighted by Gasteiger charge is -2.30. The van der Waals surface area contributed by atoms with Crippen molar-refractivity contribution < 1.29 is 28.8 Å². The minimum Gasteiger partial charge on any atom is -0.468 e. The topological polar surface area (TPSA) is 95.1 Å². The van der Waals surface area contributed by atoms with Crippen LogP contribution in [0.15, 0.2) is 0 Å². The van der Waals surface area contributed by atoms with Gasteiger partial charge in [0.05, 0.1) is 19.8 Å². The van der Waals surface area contributed by atoms with Gasteiger partial charge in [-0.05, 0) is 20.8 Å². The van der Waals surface area contributed by atoms with Crippen molar-refractivity contribution >= 4 is 12.1 Å².